The molecule has 1 aliphatic heterocycles. The van der Waals surface area contributed by atoms with Crippen LogP contribution in [0.25, 0.3) is 11.3 Å². The molecule has 1 aliphatic rings. The Morgan fingerprint density at radius 1 is 0.900 bits per heavy atom. The van der Waals surface area contributed by atoms with Crippen LogP contribution >= 0.6 is 11.6 Å². The Balaban J connectivity index is 1.94. The molecule has 3 rings (SSSR count). The Kier molecular flexibility index (Phi) is 4.16. The molecule has 104 valence electrons. The van der Waals surface area contributed by atoms with E-state index in [-0.39, 0.29) is 0 Å². The first-order valence-electron chi connectivity index (χ1n) is 7.18. The molecule has 0 unspecified atom stereocenters. The molecule has 2 heterocycles. The Morgan fingerprint density at radius 2 is 1.60 bits per heavy atom. The van der Waals surface area contributed by atoms with Crippen molar-refractivity contribution in [1.82, 2.24) is 9.97 Å². The summed E-state index contributed by atoms with van der Waals surface area (Å²) >= 11 is 6.18. The van der Waals surface area contributed by atoms with Crippen molar-refractivity contribution in [2.45, 2.75) is 25.7 Å². The molecule has 1 aromatic heterocycles. The van der Waals surface area contributed by atoms with Crippen LogP contribution in [0.2, 0.25) is 5.15 Å². The van der Waals surface area contributed by atoms with Crippen molar-refractivity contribution in [3.05, 3.63) is 41.6 Å². The Bertz CT molecular complexity index is 563. The van der Waals surface area contributed by atoms with E-state index in [1.165, 1.54) is 25.7 Å². The standard InChI is InChI=1S/C16H18ClN3/c17-15-12-14(13-8-4-3-5-9-13)18-16(19-15)20-10-6-1-2-7-11-20/h3-5,8-9,12H,1-2,6-7,10-11H2. The number of nitrogens with zero attached hydrogens (tertiary/aromatic N) is 3. The molecule has 0 amide bonds. The van der Waals surface area contributed by atoms with Crippen LogP contribution in [0.1, 0.15) is 25.7 Å². The maximum Gasteiger partial charge on any atom is 0.227 e. The number of aromatic nitrogens is 2. The second-order valence-corrected chi connectivity index (χ2v) is 5.53. The van der Waals surface area contributed by atoms with E-state index in [1.54, 1.807) is 0 Å². The van der Waals surface area contributed by atoms with E-state index < -0.39 is 0 Å². The molecule has 20 heavy (non-hydrogen) atoms. The third-order valence-electron chi connectivity index (χ3n) is 3.64. The summed E-state index contributed by atoms with van der Waals surface area (Å²) in [4.78, 5) is 11.4. The molecule has 0 saturated carbocycles. The van der Waals surface area contributed by atoms with Crippen molar-refractivity contribution in [3.8, 4) is 11.3 Å². The molecular formula is C16H18ClN3. The molecular weight excluding hydrogens is 270 g/mol. The Hall–Kier alpha value is -1.61. The summed E-state index contributed by atoms with van der Waals surface area (Å²) in [5.74, 6) is 0.762. The largest absolute Gasteiger partial charge is 0.341 e. The van der Waals surface area contributed by atoms with Crippen LogP contribution in [-0.4, -0.2) is 23.1 Å². The highest BCUT2D eigenvalue weighted by molar-refractivity contribution is 6.29. The van der Waals surface area contributed by atoms with Gasteiger partial charge in [-0.15, -0.1) is 0 Å². The highest BCUT2D eigenvalue weighted by Gasteiger charge is 2.14. The van der Waals surface area contributed by atoms with Crippen LogP contribution in [-0.2, 0) is 0 Å². The summed E-state index contributed by atoms with van der Waals surface area (Å²) in [6.45, 7) is 2.04. The third kappa shape index (κ3) is 3.10. The summed E-state index contributed by atoms with van der Waals surface area (Å²) in [5, 5.41) is 0.512. The van der Waals surface area contributed by atoms with E-state index >= 15 is 0 Å². The van der Waals surface area contributed by atoms with Gasteiger partial charge in [0.1, 0.15) is 5.15 Å². The lowest BCUT2D eigenvalue weighted by Gasteiger charge is -2.20. The summed E-state index contributed by atoms with van der Waals surface area (Å²) in [6, 6.07) is 11.9. The lowest BCUT2D eigenvalue weighted by Crippen LogP contribution is -2.26. The van der Waals surface area contributed by atoms with Gasteiger partial charge < -0.3 is 4.90 Å². The zero-order valence-electron chi connectivity index (χ0n) is 11.4. The van der Waals surface area contributed by atoms with Gasteiger partial charge in [-0.1, -0.05) is 54.8 Å². The number of hydrogen-bond acceptors (Lipinski definition) is 3. The van der Waals surface area contributed by atoms with Crippen LogP contribution in [0.15, 0.2) is 36.4 Å². The SMILES string of the molecule is Clc1cc(-c2ccccc2)nc(N2CCCCCC2)n1. The van der Waals surface area contributed by atoms with Gasteiger partial charge in [0.2, 0.25) is 5.95 Å². The normalized spacial score (nSPS) is 15.9. The predicted octanol–water partition coefficient (Wildman–Crippen LogP) is 4.18. The van der Waals surface area contributed by atoms with E-state index in [4.69, 9.17) is 16.6 Å². The van der Waals surface area contributed by atoms with Gasteiger partial charge in [0.15, 0.2) is 0 Å². The smallest absolute Gasteiger partial charge is 0.227 e. The molecule has 0 aliphatic carbocycles. The van der Waals surface area contributed by atoms with Gasteiger partial charge in [-0.25, -0.2) is 9.97 Å². The van der Waals surface area contributed by atoms with E-state index in [1.807, 2.05) is 36.4 Å². The fourth-order valence-corrected chi connectivity index (χ4v) is 2.75. The number of benzene rings is 1. The lowest BCUT2D eigenvalue weighted by molar-refractivity contribution is 0.726. The van der Waals surface area contributed by atoms with E-state index in [0.717, 1.165) is 30.3 Å². The Labute approximate surface area is 124 Å². The summed E-state index contributed by atoms with van der Waals surface area (Å²) in [6.07, 6.45) is 5.00. The van der Waals surface area contributed by atoms with Crippen LogP contribution in [0.5, 0.6) is 0 Å². The lowest BCUT2D eigenvalue weighted by atomic mass is 10.1. The van der Waals surface area contributed by atoms with Crippen molar-refractivity contribution in [1.29, 1.82) is 0 Å². The quantitative estimate of drug-likeness (QED) is 0.776. The first-order valence-corrected chi connectivity index (χ1v) is 7.56. The van der Waals surface area contributed by atoms with Gasteiger partial charge in [0, 0.05) is 24.7 Å². The molecule has 3 nitrogen and oxygen atoms in total. The maximum atomic E-state index is 6.18. The molecule has 2 aromatic rings. The minimum Gasteiger partial charge on any atom is -0.341 e. The maximum absolute atomic E-state index is 6.18. The summed E-state index contributed by atoms with van der Waals surface area (Å²) in [5.41, 5.74) is 1.97. The molecule has 0 spiro atoms. The van der Waals surface area contributed by atoms with Crippen molar-refractivity contribution < 1.29 is 0 Å². The number of rotatable bonds is 2. The topological polar surface area (TPSA) is 29.0 Å². The van der Waals surface area contributed by atoms with E-state index in [9.17, 15) is 0 Å². The van der Waals surface area contributed by atoms with Crippen LogP contribution < -0.4 is 4.90 Å². The highest BCUT2D eigenvalue weighted by atomic mass is 35.5. The van der Waals surface area contributed by atoms with E-state index in [0.29, 0.717) is 5.15 Å². The molecule has 0 N–H and O–H groups in total. The van der Waals surface area contributed by atoms with Gasteiger partial charge in [0.25, 0.3) is 0 Å². The van der Waals surface area contributed by atoms with Crippen molar-refractivity contribution >= 4 is 17.5 Å². The van der Waals surface area contributed by atoms with Crippen LogP contribution in [0.3, 0.4) is 0 Å². The number of anilines is 1. The fourth-order valence-electron chi connectivity index (χ4n) is 2.57. The second-order valence-electron chi connectivity index (χ2n) is 5.14. The zero-order valence-corrected chi connectivity index (χ0v) is 12.2. The average Bonchev–Trinajstić information content (AvgIpc) is 2.77. The minimum atomic E-state index is 0.512. The van der Waals surface area contributed by atoms with Gasteiger partial charge >= 0.3 is 0 Å². The predicted molar refractivity (Wildman–Crippen MR) is 83.2 cm³/mol. The van der Waals surface area contributed by atoms with Gasteiger partial charge in [-0.2, -0.15) is 0 Å². The van der Waals surface area contributed by atoms with Crippen LogP contribution in [0.4, 0.5) is 5.95 Å². The molecule has 0 atom stereocenters. The molecule has 1 saturated heterocycles. The molecule has 1 fully saturated rings. The van der Waals surface area contributed by atoms with Gasteiger partial charge in [-0.3, -0.25) is 0 Å². The van der Waals surface area contributed by atoms with E-state index in [2.05, 4.69) is 9.88 Å². The first-order chi connectivity index (χ1) is 9.83. The first kappa shape index (κ1) is 13.4. The minimum absolute atomic E-state index is 0.512. The monoisotopic (exact) mass is 287 g/mol. The summed E-state index contributed by atoms with van der Waals surface area (Å²) < 4.78 is 0. The van der Waals surface area contributed by atoms with Crippen molar-refractivity contribution in [2.75, 3.05) is 18.0 Å². The number of halogens is 1. The number of hydrogen-bond donors (Lipinski definition) is 0. The fraction of sp³-hybridized carbons (Fsp3) is 0.375. The van der Waals surface area contributed by atoms with Crippen LogP contribution in [0, 0.1) is 0 Å². The average molecular weight is 288 g/mol. The Morgan fingerprint density at radius 3 is 2.30 bits per heavy atom. The van der Waals surface area contributed by atoms with Gasteiger partial charge in [0.05, 0.1) is 5.69 Å². The third-order valence-corrected chi connectivity index (χ3v) is 3.84. The molecule has 0 bridgehead atoms. The van der Waals surface area contributed by atoms with Crippen molar-refractivity contribution in [2.24, 2.45) is 0 Å². The highest BCUT2D eigenvalue weighted by Crippen LogP contribution is 2.24. The van der Waals surface area contributed by atoms with Crippen molar-refractivity contribution in [3.63, 3.8) is 0 Å². The second kappa shape index (κ2) is 6.23. The molecule has 1 aromatic carbocycles. The zero-order chi connectivity index (χ0) is 13.8. The molecule has 4 heteroatoms. The van der Waals surface area contributed by atoms with Gasteiger partial charge in [-0.05, 0) is 12.8 Å². The summed E-state index contributed by atoms with van der Waals surface area (Å²) in [7, 11) is 0. The molecule has 0 radical (unpaired) electrons.